The van der Waals surface area contributed by atoms with Crippen LogP contribution in [0.15, 0.2) is 4.99 Å². The van der Waals surface area contributed by atoms with Crippen LogP contribution in [0.1, 0.15) is 40.0 Å². The number of halogens is 1. The highest BCUT2D eigenvalue weighted by atomic mass is 127. The minimum atomic E-state index is 0. The molecular formula is C17H38IN5. The van der Waals surface area contributed by atoms with E-state index in [1.54, 1.807) is 0 Å². The van der Waals surface area contributed by atoms with Crippen molar-refractivity contribution in [2.45, 2.75) is 46.1 Å². The first-order chi connectivity index (χ1) is 10.5. The van der Waals surface area contributed by atoms with Gasteiger partial charge in [-0.1, -0.05) is 13.8 Å². The second-order valence-electron chi connectivity index (χ2n) is 7.01. The van der Waals surface area contributed by atoms with E-state index in [-0.39, 0.29) is 24.0 Å². The molecule has 0 spiro atoms. The largest absolute Gasteiger partial charge is 0.355 e. The molecule has 0 aromatic rings. The molecule has 0 aromatic heterocycles. The summed E-state index contributed by atoms with van der Waals surface area (Å²) in [7, 11) is 4.07. The molecule has 1 aliphatic heterocycles. The fourth-order valence-electron chi connectivity index (χ4n) is 2.74. The van der Waals surface area contributed by atoms with Crippen molar-refractivity contribution >= 4 is 29.9 Å². The summed E-state index contributed by atoms with van der Waals surface area (Å²) in [4.78, 5) is 9.30. The Morgan fingerprint density at radius 1 is 1.09 bits per heavy atom. The zero-order valence-corrected chi connectivity index (χ0v) is 18.1. The summed E-state index contributed by atoms with van der Waals surface area (Å²) in [6, 6.07) is 0.473. The zero-order chi connectivity index (χ0) is 16.4. The highest BCUT2D eigenvalue weighted by molar-refractivity contribution is 14.0. The first-order valence-electron chi connectivity index (χ1n) is 8.89. The normalized spacial score (nSPS) is 19.1. The second kappa shape index (κ2) is 13.2. The number of guanidine groups is 1. The van der Waals surface area contributed by atoms with Crippen LogP contribution in [0, 0.1) is 5.92 Å². The lowest BCUT2D eigenvalue weighted by molar-refractivity contribution is 0.279. The van der Waals surface area contributed by atoms with Crippen LogP contribution in [0.25, 0.3) is 0 Å². The van der Waals surface area contributed by atoms with Gasteiger partial charge in [-0.25, -0.2) is 0 Å². The van der Waals surface area contributed by atoms with Gasteiger partial charge in [-0.05, 0) is 52.2 Å². The molecule has 0 aliphatic carbocycles. The Morgan fingerprint density at radius 3 is 2.48 bits per heavy atom. The molecule has 1 unspecified atom stereocenters. The Morgan fingerprint density at radius 2 is 1.83 bits per heavy atom. The van der Waals surface area contributed by atoms with Crippen molar-refractivity contribution in [3.8, 4) is 0 Å². The van der Waals surface area contributed by atoms with Crippen molar-refractivity contribution in [2.75, 3.05) is 53.4 Å². The molecule has 5 nitrogen and oxygen atoms in total. The van der Waals surface area contributed by atoms with Gasteiger partial charge in [-0.15, -0.1) is 24.0 Å². The number of aliphatic imine (C=N–C) groups is 1. The van der Waals surface area contributed by atoms with Gasteiger partial charge in [-0.2, -0.15) is 0 Å². The van der Waals surface area contributed by atoms with Crippen molar-refractivity contribution in [3.05, 3.63) is 0 Å². The molecule has 1 heterocycles. The molecule has 0 aromatic carbocycles. The third-order valence-corrected chi connectivity index (χ3v) is 4.32. The maximum absolute atomic E-state index is 4.34. The van der Waals surface area contributed by atoms with Crippen LogP contribution in [-0.4, -0.2) is 75.2 Å². The highest BCUT2D eigenvalue weighted by Crippen LogP contribution is 2.06. The van der Waals surface area contributed by atoms with Gasteiger partial charge in [0.1, 0.15) is 0 Å². The minimum Gasteiger partial charge on any atom is -0.355 e. The van der Waals surface area contributed by atoms with E-state index < -0.39 is 0 Å². The van der Waals surface area contributed by atoms with Crippen molar-refractivity contribution in [1.82, 2.24) is 20.4 Å². The first-order valence-corrected chi connectivity index (χ1v) is 8.89. The number of nitrogens with zero attached hydrogens (tertiary/aromatic N) is 3. The highest BCUT2D eigenvalue weighted by Gasteiger charge is 2.12. The number of likely N-dealkylation sites (N-methyl/N-ethyl adjacent to an activating group) is 1. The van der Waals surface area contributed by atoms with Gasteiger partial charge in [-0.3, -0.25) is 4.99 Å². The van der Waals surface area contributed by atoms with Gasteiger partial charge >= 0.3 is 0 Å². The number of nitrogens with one attached hydrogen (secondary N) is 2. The third-order valence-electron chi connectivity index (χ3n) is 4.32. The standard InChI is InChI=1S/C17H37N5.HI/c1-15(2)7-8-16(3)20-17(18-4)19-9-12-22-11-6-10-21(5)13-14-22;/h15-16H,6-14H2,1-5H3,(H2,18,19,20);1H. The van der Waals surface area contributed by atoms with Gasteiger partial charge in [0.15, 0.2) is 5.96 Å². The van der Waals surface area contributed by atoms with E-state index in [0.717, 1.165) is 25.0 Å². The van der Waals surface area contributed by atoms with Gasteiger partial charge in [0.25, 0.3) is 0 Å². The van der Waals surface area contributed by atoms with Crippen LogP contribution in [0.5, 0.6) is 0 Å². The lowest BCUT2D eigenvalue weighted by Crippen LogP contribution is -2.45. The van der Waals surface area contributed by atoms with E-state index in [2.05, 4.69) is 53.2 Å². The van der Waals surface area contributed by atoms with Crippen LogP contribution in [0.4, 0.5) is 0 Å². The molecule has 0 saturated carbocycles. The fourth-order valence-corrected chi connectivity index (χ4v) is 2.74. The molecule has 2 N–H and O–H groups in total. The average Bonchev–Trinajstić information content (AvgIpc) is 2.69. The monoisotopic (exact) mass is 439 g/mol. The van der Waals surface area contributed by atoms with E-state index in [1.165, 1.54) is 45.4 Å². The van der Waals surface area contributed by atoms with Crippen LogP contribution < -0.4 is 10.6 Å². The molecule has 1 atom stereocenters. The molecular weight excluding hydrogens is 401 g/mol. The summed E-state index contributed by atoms with van der Waals surface area (Å²) < 4.78 is 0. The summed E-state index contributed by atoms with van der Waals surface area (Å²) in [5, 5.41) is 6.94. The van der Waals surface area contributed by atoms with E-state index in [4.69, 9.17) is 0 Å². The van der Waals surface area contributed by atoms with Crippen molar-refractivity contribution < 1.29 is 0 Å². The van der Waals surface area contributed by atoms with Crippen LogP contribution in [0.3, 0.4) is 0 Å². The minimum absolute atomic E-state index is 0. The summed E-state index contributed by atoms with van der Waals surface area (Å²) >= 11 is 0. The quantitative estimate of drug-likeness (QED) is 0.363. The predicted octanol–water partition coefficient (Wildman–Crippen LogP) is 2.23. The van der Waals surface area contributed by atoms with Crippen molar-refractivity contribution in [3.63, 3.8) is 0 Å². The van der Waals surface area contributed by atoms with Gasteiger partial charge in [0, 0.05) is 39.3 Å². The van der Waals surface area contributed by atoms with E-state index in [1.807, 2.05) is 7.05 Å². The smallest absolute Gasteiger partial charge is 0.191 e. The SMILES string of the molecule is CN=C(NCCN1CCCN(C)CC1)NC(C)CCC(C)C.I. The Balaban J connectivity index is 0.00000484. The Kier molecular flexibility index (Phi) is 13.2. The molecule has 0 bridgehead atoms. The topological polar surface area (TPSA) is 42.9 Å². The van der Waals surface area contributed by atoms with Gasteiger partial charge in [0.05, 0.1) is 0 Å². The number of hydrogen-bond donors (Lipinski definition) is 2. The predicted molar refractivity (Wildman–Crippen MR) is 112 cm³/mol. The van der Waals surface area contributed by atoms with Gasteiger partial charge < -0.3 is 20.4 Å². The fraction of sp³-hybridized carbons (Fsp3) is 0.941. The molecule has 0 amide bonds. The maximum Gasteiger partial charge on any atom is 0.191 e. The molecule has 1 saturated heterocycles. The first kappa shape index (κ1) is 22.9. The zero-order valence-electron chi connectivity index (χ0n) is 15.8. The summed E-state index contributed by atoms with van der Waals surface area (Å²) in [5.41, 5.74) is 0. The Hall–Kier alpha value is -0.0800. The van der Waals surface area contributed by atoms with Gasteiger partial charge in [0.2, 0.25) is 0 Å². The Bertz CT molecular complexity index is 322. The van der Waals surface area contributed by atoms with Crippen molar-refractivity contribution in [2.24, 2.45) is 10.9 Å². The number of rotatable bonds is 7. The van der Waals surface area contributed by atoms with Crippen LogP contribution >= 0.6 is 24.0 Å². The summed E-state index contributed by atoms with van der Waals surface area (Å²) in [5.74, 6) is 1.70. The average molecular weight is 439 g/mol. The summed E-state index contributed by atoms with van der Waals surface area (Å²) in [6.45, 7) is 13.6. The second-order valence-corrected chi connectivity index (χ2v) is 7.01. The number of hydrogen-bond acceptors (Lipinski definition) is 3. The van der Waals surface area contributed by atoms with E-state index >= 15 is 0 Å². The third kappa shape index (κ3) is 11.2. The van der Waals surface area contributed by atoms with Crippen LogP contribution in [-0.2, 0) is 0 Å². The van der Waals surface area contributed by atoms with E-state index in [9.17, 15) is 0 Å². The molecule has 0 radical (unpaired) electrons. The molecule has 1 rings (SSSR count). The maximum atomic E-state index is 4.34. The summed E-state index contributed by atoms with van der Waals surface area (Å²) in [6.07, 6.45) is 3.72. The van der Waals surface area contributed by atoms with Crippen molar-refractivity contribution in [1.29, 1.82) is 0 Å². The van der Waals surface area contributed by atoms with E-state index in [0.29, 0.717) is 6.04 Å². The Labute approximate surface area is 160 Å². The molecule has 6 heteroatoms. The molecule has 1 fully saturated rings. The molecule has 1 aliphatic rings. The lowest BCUT2D eigenvalue weighted by Gasteiger charge is -2.22. The lowest BCUT2D eigenvalue weighted by atomic mass is 10.0. The molecule has 138 valence electrons. The van der Waals surface area contributed by atoms with Crippen LogP contribution in [0.2, 0.25) is 0 Å². The molecule has 23 heavy (non-hydrogen) atoms.